The highest BCUT2D eigenvalue weighted by Crippen LogP contribution is 2.15. The van der Waals surface area contributed by atoms with Gasteiger partial charge in [0.05, 0.1) is 13.2 Å². The summed E-state index contributed by atoms with van der Waals surface area (Å²) in [6.45, 7) is 5.05. The van der Waals surface area contributed by atoms with E-state index in [1.165, 1.54) is 167 Å². The van der Waals surface area contributed by atoms with Crippen molar-refractivity contribution in [2.45, 2.75) is 206 Å². The molecule has 0 bridgehead atoms. The smallest absolute Gasteiger partial charge is 0.344 e. The molecule has 0 aromatic rings. The van der Waals surface area contributed by atoms with Crippen molar-refractivity contribution in [1.82, 2.24) is 6.15 Å². The third kappa shape index (κ3) is 35.9. The lowest BCUT2D eigenvalue weighted by Gasteiger charge is -2.07. The monoisotopic (exact) mass is 592 g/mol. The van der Waals surface area contributed by atoms with Crippen molar-refractivity contribution >= 4 is 10.4 Å². The molecule has 0 fully saturated rings. The van der Waals surface area contributed by atoms with Gasteiger partial charge in [-0.25, -0.2) is 8.37 Å². The van der Waals surface area contributed by atoms with Crippen molar-refractivity contribution in [2.24, 2.45) is 0 Å². The number of unbranched alkanes of at least 4 members (excludes halogenated alkanes) is 28. The molecule has 0 aliphatic heterocycles. The molecule has 0 radical (unpaired) electrons. The fourth-order valence-corrected chi connectivity index (χ4v) is 6.01. The highest BCUT2D eigenvalue weighted by Gasteiger charge is 2.11. The zero-order valence-corrected chi connectivity index (χ0v) is 28.2. The molecule has 6 heteroatoms. The summed E-state index contributed by atoms with van der Waals surface area (Å²) < 4.78 is 33.8. The largest absolute Gasteiger partial charge is 0.399 e. The van der Waals surface area contributed by atoms with Gasteiger partial charge in [0.25, 0.3) is 0 Å². The average molecular weight is 592 g/mol. The molecular weight excluding hydrogens is 518 g/mol. The van der Waals surface area contributed by atoms with Crippen LogP contribution in [0, 0.1) is 0 Å². The molecule has 40 heavy (non-hydrogen) atoms. The standard InChI is InChI=1S/C34H70O4S.H3N/c1-3-5-7-9-11-13-15-17-19-20-22-24-26-28-30-32-34-38-39(35,36)37-33-31-29-27-25-23-21-18-16-14-12-10-8-6-4-2;/h3-34H2,1-2H3;1H3. The van der Waals surface area contributed by atoms with Gasteiger partial charge in [-0.15, -0.1) is 0 Å². The van der Waals surface area contributed by atoms with Crippen LogP contribution in [0.1, 0.15) is 206 Å². The molecule has 0 saturated carbocycles. The zero-order valence-electron chi connectivity index (χ0n) is 27.4. The average Bonchev–Trinajstić information content (AvgIpc) is 2.92. The second kappa shape index (κ2) is 35.0. The molecule has 0 unspecified atom stereocenters. The Bertz CT molecular complexity index is 556. The van der Waals surface area contributed by atoms with Gasteiger partial charge >= 0.3 is 10.4 Å². The second-order valence-electron chi connectivity index (χ2n) is 12.0. The lowest BCUT2D eigenvalue weighted by atomic mass is 10.0. The number of hydrogen-bond acceptors (Lipinski definition) is 5. The molecule has 0 saturated heterocycles. The molecule has 0 aromatic carbocycles. The van der Waals surface area contributed by atoms with E-state index in [1.54, 1.807) is 0 Å². The van der Waals surface area contributed by atoms with Crippen molar-refractivity contribution < 1.29 is 16.8 Å². The van der Waals surface area contributed by atoms with Crippen molar-refractivity contribution in [3.05, 3.63) is 0 Å². The Morgan fingerprint density at radius 3 is 0.700 bits per heavy atom. The highest BCUT2D eigenvalue weighted by atomic mass is 32.3. The van der Waals surface area contributed by atoms with Crippen molar-refractivity contribution in [3.8, 4) is 0 Å². The fraction of sp³-hybridized carbons (Fsp3) is 1.00. The lowest BCUT2D eigenvalue weighted by molar-refractivity contribution is 0.208. The SMILES string of the molecule is CCCCCCCCCCCCCCCCCCOS(=O)(=O)OCCCCCCCCCCCCCCCC.N. The molecule has 0 heterocycles. The van der Waals surface area contributed by atoms with Gasteiger partial charge < -0.3 is 6.15 Å². The van der Waals surface area contributed by atoms with Crippen LogP contribution >= 0.6 is 0 Å². The second-order valence-corrected chi connectivity index (χ2v) is 13.2. The van der Waals surface area contributed by atoms with Gasteiger partial charge in [-0.2, -0.15) is 8.42 Å². The van der Waals surface area contributed by atoms with Crippen molar-refractivity contribution in [2.75, 3.05) is 13.2 Å². The molecule has 244 valence electrons. The molecule has 5 nitrogen and oxygen atoms in total. The predicted octanol–water partition coefficient (Wildman–Crippen LogP) is 12.2. The molecule has 0 aromatic heterocycles. The van der Waals surface area contributed by atoms with E-state index in [9.17, 15) is 8.42 Å². The highest BCUT2D eigenvalue weighted by molar-refractivity contribution is 7.81. The maximum Gasteiger partial charge on any atom is 0.399 e. The molecule has 0 aliphatic rings. The van der Waals surface area contributed by atoms with E-state index in [0.29, 0.717) is 0 Å². The summed E-state index contributed by atoms with van der Waals surface area (Å²) >= 11 is 0. The van der Waals surface area contributed by atoms with Crippen molar-refractivity contribution in [3.63, 3.8) is 0 Å². The van der Waals surface area contributed by atoms with Crippen LogP contribution < -0.4 is 6.15 Å². The topological polar surface area (TPSA) is 87.6 Å². The summed E-state index contributed by atoms with van der Waals surface area (Å²) in [6.07, 6.45) is 38.9. The molecule has 0 amide bonds. The number of hydrogen-bond donors (Lipinski definition) is 1. The first-order chi connectivity index (χ1) is 19.1. The van der Waals surface area contributed by atoms with E-state index in [-0.39, 0.29) is 19.4 Å². The summed E-state index contributed by atoms with van der Waals surface area (Å²) in [5.74, 6) is 0. The predicted molar refractivity (Wildman–Crippen MR) is 176 cm³/mol. The Kier molecular flexibility index (Phi) is 36.7. The third-order valence-corrected chi connectivity index (χ3v) is 8.86. The molecule has 0 rings (SSSR count). The molecular formula is C34H73NO4S. The normalized spacial score (nSPS) is 11.7. The third-order valence-electron chi connectivity index (χ3n) is 7.95. The summed E-state index contributed by atoms with van der Waals surface area (Å²) in [5.41, 5.74) is 0. The van der Waals surface area contributed by atoms with Crippen LogP contribution in [0.2, 0.25) is 0 Å². The van der Waals surface area contributed by atoms with E-state index in [2.05, 4.69) is 13.8 Å². The first kappa shape index (κ1) is 42.0. The minimum atomic E-state index is -3.82. The minimum absolute atomic E-state index is 0. The lowest BCUT2D eigenvalue weighted by Crippen LogP contribution is -2.12. The number of rotatable bonds is 34. The van der Waals surface area contributed by atoms with Gasteiger partial charge in [0.1, 0.15) is 0 Å². The van der Waals surface area contributed by atoms with Crippen molar-refractivity contribution in [1.29, 1.82) is 0 Å². The van der Waals surface area contributed by atoms with Gasteiger partial charge in [0, 0.05) is 0 Å². The van der Waals surface area contributed by atoms with E-state index in [4.69, 9.17) is 8.37 Å². The Labute approximate surface area is 252 Å². The first-order valence-electron chi connectivity index (χ1n) is 17.7. The maximum atomic E-state index is 11.9. The maximum absolute atomic E-state index is 11.9. The zero-order chi connectivity index (χ0) is 28.5. The Morgan fingerprint density at radius 2 is 0.500 bits per heavy atom. The van der Waals surface area contributed by atoms with E-state index < -0.39 is 10.4 Å². The van der Waals surface area contributed by atoms with Gasteiger partial charge in [-0.05, 0) is 12.8 Å². The summed E-state index contributed by atoms with van der Waals surface area (Å²) in [6, 6.07) is 0. The van der Waals surface area contributed by atoms with Gasteiger partial charge in [0.15, 0.2) is 0 Å². The minimum Gasteiger partial charge on any atom is -0.344 e. The summed E-state index contributed by atoms with van der Waals surface area (Å²) in [4.78, 5) is 0. The van der Waals surface area contributed by atoms with Crippen LogP contribution in [0.25, 0.3) is 0 Å². The van der Waals surface area contributed by atoms with E-state index in [0.717, 1.165) is 25.7 Å². The van der Waals surface area contributed by atoms with Crippen LogP contribution in [0.4, 0.5) is 0 Å². The molecule has 0 atom stereocenters. The van der Waals surface area contributed by atoms with E-state index >= 15 is 0 Å². The van der Waals surface area contributed by atoms with Crippen LogP contribution in [0.3, 0.4) is 0 Å². The summed E-state index contributed by atoms with van der Waals surface area (Å²) in [7, 11) is -3.82. The fourth-order valence-electron chi connectivity index (χ4n) is 5.30. The Morgan fingerprint density at radius 1 is 0.325 bits per heavy atom. The Balaban J connectivity index is 0. The molecule has 0 spiro atoms. The summed E-state index contributed by atoms with van der Waals surface area (Å²) in [5, 5.41) is 0. The quantitative estimate of drug-likeness (QED) is 0.0752. The molecule has 3 N–H and O–H groups in total. The van der Waals surface area contributed by atoms with Crippen LogP contribution in [-0.4, -0.2) is 21.6 Å². The Hall–Kier alpha value is -0.170. The van der Waals surface area contributed by atoms with Crippen LogP contribution in [-0.2, 0) is 18.8 Å². The van der Waals surface area contributed by atoms with Gasteiger partial charge in [-0.1, -0.05) is 194 Å². The van der Waals surface area contributed by atoms with Gasteiger partial charge in [-0.3, -0.25) is 0 Å². The van der Waals surface area contributed by atoms with Crippen LogP contribution in [0.5, 0.6) is 0 Å². The van der Waals surface area contributed by atoms with E-state index in [1.807, 2.05) is 0 Å². The van der Waals surface area contributed by atoms with Gasteiger partial charge in [0.2, 0.25) is 0 Å². The first-order valence-corrected chi connectivity index (χ1v) is 19.0. The van der Waals surface area contributed by atoms with Crippen LogP contribution in [0.15, 0.2) is 0 Å². The molecule has 0 aliphatic carbocycles.